The van der Waals surface area contributed by atoms with Crippen LogP contribution in [-0.2, 0) is 0 Å². The molecule has 0 spiro atoms. The average molecular weight is 364 g/mol. The van der Waals surface area contributed by atoms with Gasteiger partial charge in [0.15, 0.2) is 0 Å². The molecule has 4 nitrogen and oxygen atoms in total. The lowest BCUT2D eigenvalue weighted by molar-refractivity contribution is 0.00924. The van der Waals surface area contributed by atoms with Crippen molar-refractivity contribution in [2.45, 2.75) is 44.6 Å². The van der Waals surface area contributed by atoms with Crippen LogP contribution >= 0.6 is 11.6 Å². The van der Waals surface area contributed by atoms with Crippen molar-refractivity contribution < 1.29 is 4.79 Å². The third kappa shape index (κ3) is 4.36. The maximum Gasteiger partial charge on any atom is 0.252 e. The smallest absolute Gasteiger partial charge is 0.252 e. The molecular formula is C20H30ClN3O. The van der Waals surface area contributed by atoms with Crippen molar-refractivity contribution in [1.82, 2.24) is 15.1 Å². The van der Waals surface area contributed by atoms with Gasteiger partial charge in [-0.15, -0.1) is 0 Å². The molecule has 1 aromatic carbocycles. The fraction of sp³-hybridized carbons (Fsp3) is 0.650. The van der Waals surface area contributed by atoms with Gasteiger partial charge in [0, 0.05) is 38.3 Å². The summed E-state index contributed by atoms with van der Waals surface area (Å²) >= 11 is 6.18. The van der Waals surface area contributed by atoms with E-state index in [4.69, 9.17) is 11.6 Å². The molecule has 1 heterocycles. The Morgan fingerprint density at radius 1 is 1.12 bits per heavy atom. The zero-order valence-corrected chi connectivity index (χ0v) is 16.0. The van der Waals surface area contributed by atoms with Crippen molar-refractivity contribution in [3.63, 3.8) is 0 Å². The Labute approximate surface area is 156 Å². The number of piperazine rings is 1. The summed E-state index contributed by atoms with van der Waals surface area (Å²) in [4.78, 5) is 17.8. The summed E-state index contributed by atoms with van der Waals surface area (Å²) in [5, 5.41) is 3.72. The van der Waals surface area contributed by atoms with Crippen LogP contribution < -0.4 is 5.32 Å². The molecule has 1 aliphatic heterocycles. The minimum atomic E-state index is -0.0530. The molecule has 1 aliphatic carbocycles. The Kier molecular flexibility index (Phi) is 6.37. The second kappa shape index (κ2) is 8.52. The molecular weight excluding hydrogens is 334 g/mol. The molecule has 1 amide bonds. The minimum absolute atomic E-state index is 0.0530. The number of hydrogen-bond acceptors (Lipinski definition) is 3. The summed E-state index contributed by atoms with van der Waals surface area (Å²) in [6.45, 7) is 8.57. The summed E-state index contributed by atoms with van der Waals surface area (Å²) < 4.78 is 0. The minimum Gasteiger partial charge on any atom is -0.350 e. The van der Waals surface area contributed by atoms with Crippen molar-refractivity contribution in [3.8, 4) is 0 Å². The normalized spacial score (nSPS) is 21.8. The summed E-state index contributed by atoms with van der Waals surface area (Å²) in [6, 6.07) is 7.29. The second-order valence-corrected chi connectivity index (χ2v) is 7.78. The number of halogens is 1. The Hall–Kier alpha value is -1.10. The molecule has 2 fully saturated rings. The van der Waals surface area contributed by atoms with Crippen LogP contribution in [0, 0.1) is 0 Å². The molecule has 1 saturated carbocycles. The van der Waals surface area contributed by atoms with Crippen LogP contribution in [0.4, 0.5) is 0 Å². The molecule has 0 unspecified atom stereocenters. The Morgan fingerprint density at radius 3 is 2.44 bits per heavy atom. The highest BCUT2D eigenvalue weighted by molar-refractivity contribution is 6.33. The van der Waals surface area contributed by atoms with Gasteiger partial charge >= 0.3 is 0 Å². The highest BCUT2D eigenvalue weighted by Crippen LogP contribution is 2.34. The summed E-state index contributed by atoms with van der Waals surface area (Å²) in [7, 11) is 0. The standard InChI is InChI=1S/C20H30ClN3O/c1-2-23-12-14-24(15-13-23)20(10-6-3-7-11-20)16-22-19(25)17-8-4-5-9-18(17)21/h4-5,8-9H,2-3,6-7,10-16H2,1H3,(H,22,25). The zero-order valence-electron chi connectivity index (χ0n) is 15.3. The van der Waals surface area contributed by atoms with E-state index < -0.39 is 0 Å². The van der Waals surface area contributed by atoms with Gasteiger partial charge in [-0.3, -0.25) is 9.69 Å². The van der Waals surface area contributed by atoms with Crippen molar-refractivity contribution in [2.24, 2.45) is 0 Å². The molecule has 1 N–H and O–H groups in total. The van der Waals surface area contributed by atoms with Crippen molar-refractivity contribution >= 4 is 17.5 Å². The number of hydrogen-bond donors (Lipinski definition) is 1. The fourth-order valence-electron chi connectivity index (χ4n) is 4.34. The van der Waals surface area contributed by atoms with Crippen LogP contribution in [0.15, 0.2) is 24.3 Å². The second-order valence-electron chi connectivity index (χ2n) is 7.37. The molecule has 2 aliphatic rings. The maximum atomic E-state index is 12.6. The summed E-state index contributed by atoms with van der Waals surface area (Å²) in [5.41, 5.74) is 0.695. The molecule has 5 heteroatoms. The van der Waals surface area contributed by atoms with Crippen LogP contribution in [0.1, 0.15) is 49.4 Å². The lowest BCUT2D eigenvalue weighted by Crippen LogP contribution is -2.61. The van der Waals surface area contributed by atoms with Gasteiger partial charge in [0.25, 0.3) is 5.91 Å². The Bertz CT molecular complexity index is 578. The van der Waals surface area contributed by atoms with E-state index in [0.29, 0.717) is 10.6 Å². The first-order valence-electron chi connectivity index (χ1n) is 9.65. The largest absolute Gasteiger partial charge is 0.350 e. The summed E-state index contributed by atoms with van der Waals surface area (Å²) in [6.07, 6.45) is 6.20. The highest BCUT2D eigenvalue weighted by Gasteiger charge is 2.39. The van der Waals surface area contributed by atoms with E-state index in [1.54, 1.807) is 12.1 Å². The third-order valence-corrected chi connectivity index (χ3v) is 6.30. The van der Waals surface area contributed by atoms with Gasteiger partial charge in [0.1, 0.15) is 0 Å². The van der Waals surface area contributed by atoms with Gasteiger partial charge in [-0.1, -0.05) is 49.9 Å². The number of likely N-dealkylation sites (N-methyl/N-ethyl adjacent to an activating group) is 1. The predicted octanol–water partition coefficient (Wildman–Crippen LogP) is 3.41. The molecule has 138 valence electrons. The first-order chi connectivity index (χ1) is 12.1. The van der Waals surface area contributed by atoms with E-state index in [9.17, 15) is 4.79 Å². The van der Waals surface area contributed by atoms with Crippen LogP contribution in [-0.4, -0.2) is 60.5 Å². The van der Waals surface area contributed by atoms with E-state index in [2.05, 4.69) is 22.0 Å². The molecule has 0 atom stereocenters. The number of nitrogens with zero attached hydrogens (tertiary/aromatic N) is 2. The molecule has 1 saturated heterocycles. The average Bonchev–Trinajstić information content (AvgIpc) is 2.67. The molecule has 1 aromatic rings. The van der Waals surface area contributed by atoms with Crippen molar-refractivity contribution in [2.75, 3.05) is 39.3 Å². The van der Waals surface area contributed by atoms with Gasteiger partial charge in [0.2, 0.25) is 0 Å². The quantitative estimate of drug-likeness (QED) is 0.870. The third-order valence-electron chi connectivity index (χ3n) is 5.97. The number of carbonyl (C=O) groups is 1. The predicted molar refractivity (Wildman–Crippen MR) is 103 cm³/mol. The maximum absolute atomic E-state index is 12.6. The van der Waals surface area contributed by atoms with Crippen molar-refractivity contribution in [3.05, 3.63) is 34.9 Å². The lowest BCUT2D eigenvalue weighted by Gasteiger charge is -2.50. The first kappa shape index (κ1) is 18.7. The number of amides is 1. The Morgan fingerprint density at radius 2 is 1.80 bits per heavy atom. The van der Waals surface area contributed by atoms with Crippen LogP contribution in [0.5, 0.6) is 0 Å². The van der Waals surface area contributed by atoms with E-state index in [1.165, 1.54) is 32.1 Å². The molecule has 0 bridgehead atoms. The molecule has 0 aromatic heterocycles. The SMILES string of the molecule is CCN1CCN(C2(CNC(=O)c3ccccc3Cl)CCCCC2)CC1. The molecule has 25 heavy (non-hydrogen) atoms. The van der Waals surface area contributed by atoms with E-state index in [-0.39, 0.29) is 11.4 Å². The highest BCUT2D eigenvalue weighted by atomic mass is 35.5. The van der Waals surface area contributed by atoms with Gasteiger partial charge in [0.05, 0.1) is 10.6 Å². The topological polar surface area (TPSA) is 35.6 Å². The van der Waals surface area contributed by atoms with Crippen LogP contribution in [0.25, 0.3) is 0 Å². The fourth-order valence-corrected chi connectivity index (χ4v) is 4.56. The molecule has 0 radical (unpaired) electrons. The number of carbonyl (C=O) groups excluding carboxylic acids is 1. The van der Waals surface area contributed by atoms with Crippen LogP contribution in [0.2, 0.25) is 5.02 Å². The van der Waals surface area contributed by atoms with Crippen LogP contribution in [0.3, 0.4) is 0 Å². The zero-order chi connectivity index (χ0) is 17.7. The van der Waals surface area contributed by atoms with Gasteiger partial charge in [-0.2, -0.15) is 0 Å². The summed E-state index contributed by atoms with van der Waals surface area (Å²) in [5.74, 6) is -0.0530. The van der Waals surface area contributed by atoms with Gasteiger partial charge < -0.3 is 10.2 Å². The van der Waals surface area contributed by atoms with Gasteiger partial charge in [-0.25, -0.2) is 0 Å². The lowest BCUT2D eigenvalue weighted by atomic mass is 9.79. The van der Waals surface area contributed by atoms with E-state index >= 15 is 0 Å². The Balaban J connectivity index is 1.67. The van der Waals surface area contributed by atoms with Crippen molar-refractivity contribution in [1.29, 1.82) is 0 Å². The molecule has 3 rings (SSSR count). The number of nitrogens with one attached hydrogen (secondary N) is 1. The first-order valence-corrected chi connectivity index (χ1v) is 10.0. The van der Waals surface area contributed by atoms with E-state index in [0.717, 1.165) is 39.3 Å². The van der Waals surface area contributed by atoms with Gasteiger partial charge in [-0.05, 0) is 31.5 Å². The monoisotopic (exact) mass is 363 g/mol. The number of benzene rings is 1. The van der Waals surface area contributed by atoms with E-state index in [1.807, 2.05) is 12.1 Å². The number of rotatable bonds is 5.